The van der Waals surface area contributed by atoms with E-state index in [0.717, 1.165) is 11.3 Å². The second kappa shape index (κ2) is 4.45. The monoisotopic (exact) mass is 219 g/mol. The van der Waals surface area contributed by atoms with Crippen molar-refractivity contribution >= 4 is 0 Å². The Kier molecular flexibility index (Phi) is 3.01. The maximum absolute atomic E-state index is 12.8. The van der Waals surface area contributed by atoms with E-state index in [9.17, 15) is 4.39 Å². The summed E-state index contributed by atoms with van der Waals surface area (Å²) in [5, 5.41) is 4.12. The number of halogens is 1. The molecule has 0 bridgehead atoms. The number of nitrogens with zero attached hydrogens (tertiary/aromatic N) is 2. The van der Waals surface area contributed by atoms with E-state index in [1.807, 2.05) is 13.1 Å². The molecule has 4 heteroatoms. The van der Waals surface area contributed by atoms with Crippen LogP contribution >= 0.6 is 0 Å². The summed E-state index contributed by atoms with van der Waals surface area (Å²) in [6.07, 6.45) is 1.74. The van der Waals surface area contributed by atoms with Crippen molar-refractivity contribution in [3.05, 3.63) is 53.6 Å². The zero-order valence-electron chi connectivity index (χ0n) is 9.10. The Morgan fingerprint density at radius 3 is 2.50 bits per heavy atom. The van der Waals surface area contributed by atoms with Gasteiger partial charge in [-0.3, -0.25) is 4.68 Å². The van der Waals surface area contributed by atoms with Crippen LogP contribution in [-0.4, -0.2) is 16.3 Å². The van der Waals surface area contributed by atoms with Crippen LogP contribution in [0.25, 0.3) is 0 Å². The van der Waals surface area contributed by atoms with Gasteiger partial charge in [0.25, 0.3) is 0 Å². The summed E-state index contributed by atoms with van der Waals surface area (Å²) in [7, 11) is 1.88. The quantitative estimate of drug-likeness (QED) is 0.853. The Morgan fingerprint density at radius 2 is 2.00 bits per heavy atom. The summed E-state index contributed by atoms with van der Waals surface area (Å²) in [6.45, 7) is 0.477. The van der Waals surface area contributed by atoms with Gasteiger partial charge in [0.15, 0.2) is 0 Å². The number of hydrogen-bond acceptors (Lipinski definition) is 2. The first-order valence-corrected chi connectivity index (χ1v) is 5.16. The third-order valence-corrected chi connectivity index (χ3v) is 2.72. The van der Waals surface area contributed by atoms with Gasteiger partial charge < -0.3 is 5.73 Å². The predicted molar refractivity (Wildman–Crippen MR) is 60.5 cm³/mol. The van der Waals surface area contributed by atoms with Crippen molar-refractivity contribution in [1.82, 2.24) is 9.78 Å². The fourth-order valence-electron chi connectivity index (χ4n) is 1.85. The molecule has 0 saturated heterocycles. The van der Waals surface area contributed by atoms with Crippen molar-refractivity contribution in [3.8, 4) is 0 Å². The van der Waals surface area contributed by atoms with E-state index in [4.69, 9.17) is 5.73 Å². The molecule has 1 heterocycles. The number of rotatable bonds is 3. The molecular formula is C12H14FN3. The van der Waals surface area contributed by atoms with Gasteiger partial charge in [-0.2, -0.15) is 5.10 Å². The average molecular weight is 219 g/mol. The topological polar surface area (TPSA) is 43.8 Å². The van der Waals surface area contributed by atoms with Crippen molar-refractivity contribution in [1.29, 1.82) is 0 Å². The molecule has 1 aromatic heterocycles. The highest BCUT2D eigenvalue weighted by atomic mass is 19.1. The number of nitrogens with two attached hydrogens (primary N) is 1. The van der Waals surface area contributed by atoms with Crippen LogP contribution in [0.2, 0.25) is 0 Å². The Morgan fingerprint density at radius 1 is 1.31 bits per heavy atom. The predicted octanol–water partition coefficient (Wildman–Crippen LogP) is 1.65. The van der Waals surface area contributed by atoms with E-state index in [2.05, 4.69) is 5.10 Å². The third-order valence-electron chi connectivity index (χ3n) is 2.72. The molecule has 2 N–H and O–H groups in total. The van der Waals surface area contributed by atoms with Gasteiger partial charge in [0, 0.05) is 31.4 Å². The van der Waals surface area contributed by atoms with E-state index < -0.39 is 0 Å². The molecule has 1 aromatic carbocycles. The maximum atomic E-state index is 12.8. The second-order valence-corrected chi connectivity index (χ2v) is 3.72. The number of benzene rings is 1. The van der Waals surface area contributed by atoms with Crippen LogP contribution in [0.3, 0.4) is 0 Å². The van der Waals surface area contributed by atoms with Gasteiger partial charge in [0.1, 0.15) is 5.82 Å². The van der Waals surface area contributed by atoms with Gasteiger partial charge in [0.05, 0.1) is 0 Å². The number of hydrogen-bond donors (Lipinski definition) is 1. The molecule has 0 aliphatic heterocycles. The maximum Gasteiger partial charge on any atom is 0.123 e. The molecule has 0 fully saturated rings. The highest BCUT2D eigenvalue weighted by Crippen LogP contribution is 2.22. The molecule has 1 atom stereocenters. The minimum atomic E-state index is -0.232. The van der Waals surface area contributed by atoms with Crippen molar-refractivity contribution in [2.24, 2.45) is 12.8 Å². The van der Waals surface area contributed by atoms with Crippen LogP contribution in [0.1, 0.15) is 17.2 Å². The van der Waals surface area contributed by atoms with E-state index in [-0.39, 0.29) is 11.7 Å². The van der Waals surface area contributed by atoms with Crippen molar-refractivity contribution in [2.45, 2.75) is 5.92 Å². The Labute approximate surface area is 93.7 Å². The molecule has 3 nitrogen and oxygen atoms in total. The van der Waals surface area contributed by atoms with Crippen LogP contribution in [0.4, 0.5) is 4.39 Å². The van der Waals surface area contributed by atoms with Gasteiger partial charge in [-0.05, 0) is 23.8 Å². The molecule has 0 radical (unpaired) electrons. The first kappa shape index (κ1) is 10.8. The molecule has 1 unspecified atom stereocenters. The largest absolute Gasteiger partial charge is 0.329 e. The van der Waals surface area contributed by atoms with Gasteiger partial charge >= 0.3 is 0 Å². The van der Waals surface area contributed by atoms with Crippen molar-refractivity contribution in [3.63, 3.8) is 0 Å². The lowest BCUT2D eigenvalue weighted by Crippen LogP contribution is -2.17. The lowest BCUT2D eigenvalue weighted by Gasteiger charge is -2.15. The lowest BCUT2D eigenvalue weighted by atomic mass is 9.96. The van der Waals surface area contributed by atoms with E-state index in [0.29, 0.717) is 6.54 Å². The first-order valence-electron chi connectivity index (χ1n) is 5.16. The smallest absolute Gasteiger partial charge is 0.123 e. The second-order valence-electron chi connectivity index (χ2n) is 3.72. The summed E-state index contributed by atoms with van der Waals surface area (Å²) >= 11 is 0. The molecule has 84 valence electrons. The molecule has 0 aliphatic carbocycles. The van der Waals surface area contributed by atoms with Crippen LogP contribution in [0.15, 0.2) is 36.5 Å². The minimum absolute atomic E-state index is 0.0631. The summed E-state index contributed by atoms with van der Waals surface area (Å²) in [5.41, 5.74) is 7.81. The van der Waals surface area contributed by atoms with Crippen LogP contribution in [-0.2, 0) is 7.05 Å². The SMILES string of the molecule is Cn1nccc1C(CN)c1ccc(F)cc1. The average Bonchev–Trinajstić information content (AvgIpc) is 2.69. The Hall–Kier alpha value is -1.68. The van der Waals surface area contributed by atoms with E-state index in [1.165, 1.54) is 12.1 Å². The Balaban J connectivity index is 2.37. The molecule has 0 aliphatic rings. The first-order chi connectivity index (χ1) is 7.72. The summed E-state index contributed by atoms with van der Waals surface area (Å²) in [4.78, 5) is 0. The summed E-state index contributed by atoms with van der Waals surface area (Å²) in [5.74, 6) is -0.169. The lowest BCUT2D eigenvalue weighted by molar-refractivity contribution is 0.623. The van der Waals surface area contributed by atoms with Gasteiger partial charge in [-0.1, -0.05) is 12.1 Å². The minimum Gasteiger partial charge on any atom is -0.329 e. The summed E-state index contributed by atoms with van der Waals surface area (Å²) < 4.78 is 14.6. The fourth-order valence-corrected chi connectivity index (χ4v) is 1.85. The van der Waals surface area contributed by atoms with Crippen LogP contribution < -0.4 is 5.73 Å². The number of aromatic nitrogens is 2. The molecule has 0 saturated carbocycles. The third kappa shape index (κ3) is 1.97. The zero-order valence-corrected chi connectivity index (χ0v) is 9.10. The normalized spacial score (nSPS) is 12.7. The van der Waals surface area contributed by atoms with Gasteiger partial charge in [-0.15, -0.1) is 0 Å². The van der Waals surface area contributed by atoms with Crippen LogP contribution in [0, 0.1) is 5.82 Å². The molecule has 0 spiro atoms. The molecule has 16 heavy (non-hydrogen) atoms. The number of aryl methyl sites for hydroxylation is 1. The molecular weight excluding hydrogens is 205 g/mol. The molecule has 2 aromatic rings. The molecule has 0 amide bonds. The summed E-state index contributed by atoms with van der Waals surface area (Å²) in [6, 6.07) is 8.36. The van der Waals surface area contributed by atoms with E-state index >= 15 is 0 Å². The highest BCUT2D eigenvalue weighted by Gasteiger charge is 2.15. The van der Waals surface area contributed by atoms with Gasteiger partial charge in [-0.25, -0.2) is 4.39 Å². The van der Waals surface area contributed by atoms with Gasteiger partial charge in [0.2, 0.25) is 0 Å². The van der Waals surface area contributed by atoms with E-state index in [1.54, 1.807) is 23.0 Å². The van der Waals surface area contributed by atoms with Crippen LogP contribution in [0.5, 0.6) is 0 Å². The highest BCUT2D eigenvalue weighted by molar-refractivity contribution is 5.29. The van der Waals surface area contributed by atoms with Crippen molar-refractivity contribution < 1.29 is 4.39 Å². The fraction of sp³-hybridized carbons (Fsp3) is 0.250. The standard InChI is InChI=1S/C12H14FN3/c1-16-12(6-7-15-16)11(8-14)9-2-4-10(13)5-3-9/h2-7,11H,8,14H2,1H3. The Bertz CT molecular complexity index is 461. The molecule has 2 rings (SSSR count). The van der Waals surface area contributed by atoms with Crippen molar-refractivity contribution in [2.75, 3.05) is 6.54 Å². The zero-order chi connectivity index (χ0) is 11.5.